The van der Waals surface area contributed by atoms with Crippen molar-refractivity contribution in [3.63, 3.8) is 0 Å². The minimum Gasteiger partial charge on any atom is -0.478 e. The van der Waals surface area contributed by atoms with E-state index in [9.17, 15) is 4.79 Å². The van der Waals surface area contributed by atoms with Crippen LogP contribution in [0.3, 0.4) is 0 Å². The van der Waals surface area contributed by atoms with Crippen LogP contribution in [0.2, 0.25) is 0 Å². The van der Waals surface area contributed by atoms with Crippen molar-refractivity contribution < 1.29 is 14.4 Å². The van der Waals surface area contributed by atoms with Crippen LogP contribution >= 0.6 is 0 Å². The fourth-order valence-electron chi connectivity index (χ4n) is 2.38. The number of aromatic carboxylic acids is 1. The Morgan fingerprint density at radius 3 is 2.96 bits per heavy atom. The van der Waals surface area contributed by atoms with E-state index in [0.29, 0.717) is 23.3 Å². The topological polar surface area (TPSA) is 107 Å². The quantitative estimate of drug-likeness (QED) is 0.787. The van der Waals surface area contributed by atoms with E-state index in [4.69, 9.17) is 9.63 Å². The van der Waals surface area contributed by atoms with Gasteiger partial charge in [0.1, 0.15) is 5.56 Å². The first-order chi connectivity index (χ1) is 11.1. The average Bonchev–Trinajstić information content (AvgIpc) is 3.14. The maximum atomic E-state index is 11.1. The van der Waals surface area contributed by atoms with E-state index < -0.39 is 5.97 Å². The van der Waals surface area contributed by atoms with Crippen LogP contribution in [0.25, 0.3) is 17.3 Å². The fourth-order valence-corrected chi connectivity index (χ4v) is 2.38. The number of hydrogen-bond donors (Lipinski definition) is 1. The number of carbonyl (C=O) groups is 1. The van der Waals surface area contributed by atoms with Crippen LogP contribution in [-0.4, -0.2) is 36.0 Å². The molecule has 4 rings (SSSR count). The van der Waals surface area contributed by atoms with Crippen molar-refractivity contribution in [2.24, 2.45) is 0 Å². The molecule has 0 aromatic carbocycles. The number of carboxylic acid groups (broad SMARTS) is 1. The molecule has 0 unspecified atom stereocenters. The van der Waals surface area contributed by atoms with Gasteiger partial charge in [-0.05, 0) is 31.9 Å². The molecule has 3 aromatic heterocycles. The van der Waals surface area contributed by atoms with E-state index >= 15 is 0 Å². The second kappa shape index (κ2) is 5.01. The van der Waals surface area contributed by atoms with Crippen molar-refractivity contribution in [3.05, 3.63) is 41.6 Å². The maximum Gasteiger partial charge on any atom is 0.339 e. The molecule has 116 valence electrons. The van der Waals surface area contributed by atoms with Gasteiger partial charge in [0.05, 0.1) is 11.9 Å². The summed E-state index contributed by atoms with van der Waals surface area (Å²) in [6.45, 7) is 1.68. The molecule has 0 spiro atoms. The number of rotatable bonds is 4. The lowest BCUT2D eigenvalue weighted by atomic mass is 10.2. The van der Waals surface area contributed by atoms with E-state index in [-0.39, 0.29) is 5.56 Å². The molecule has 1 fully saturated rings. The lowest BCUT2D eigenvalue weighted by molar-refractivity contribution is 0.0696. The Morgan fingerprint density at radius 2 is 2.26 bits per heavy atom. The van der Waals surface area contributed by atoms with Gasteiger partial charge < -0.3 is 9.63 Å². The highest BCUT2D eigenvalue weighted by Crippen LogP contribution is 2.38. The van der Waals surface area contributed by atoms with Crippen molar-refractivity contribution in [2.75, 3.05) is 0 Å². The third kappa shape index (κ3) is 2.37. The molecular formula is C15H13N5O3. The largest absolute Gasteiger partial charge is 0.478 e. The van der Waals surface area contributed by atoms with Gasteiger partial charge in [0.15, 0.2) is 11.6 Å². The van der Waals surface area contributed by atoms with E-state index in [0.717, 1.165) is 24.2 Å². The number of carboxylic acids is 1. The molecule has 0 aliphatic heterocycles. The van der Waals surface area contributed by atoms with Gasteiger partial charge in [0.25, 0.3) is 5.89 Å². The molecule has 3 aromatic rings. The summed E-state index contributed by atoms with van der Waals surface area (Å²) < 4.78 is 6.78. The van der Waals surface area contributed by atoms with Gasteiger partial charge in [-0.3, -0.25) is 0 Å². The number of aromatic nitrogens is 5. The normalized spacial score (nSPS) is 14.1. The van der Waals surface area contributed by atoms with Crippen LogP contribution < -0.4 is 0 Å². The Labute approximate surface area is 130 Å². The van der Waals surface area contributed by atoms with Crippen LogP contribution in [0.1, 0.15) is 40.6 Å². The van der Waals surface area contributed by atoms with Crippen molar-refractivity contribution in [2.45, 2.75) is 25.7 Å². The highest BCUT2D eigenvalue weighted by molar-refractivity contribution is 5.88. The van der Waals surface area contributed by atoms with Crippen molar-refractivity contribution >= 4 is 5.97 Å². The lowest BCUT2D eigenvalue weighted by Gasteiger charge is -2.04. The summed E-state index contributed by atoms with van der Waals surface area (Å²) in [6, 6.07) is 3.51. The van der Waals surface area contributed by atoms with Crippen molar-refractivity contribution in [1.29, 1.82) is 0 Å². The summed E-state index contributed by atoms with van der Waals surface area (Å²) in [4.78, 5) is 19.8. The smallest absolute Gasteiger partial charge is 0.339 e. The molecule has 8 heteroatoms. The second-order valence-electron chi connectivity index (χ2n) is 5.50. The fraction of sp³-hybridized carbons (Fsp3) is 0.267. The predicted octanol–water partition coefficient (Wildman–Crippen LogP) is 2.20. The van der Waals surface area contributed by atoms with E-state index in [1.165, 1.54) is 10.9 Å². The molecule has 1 N–H and O–H groups in total. The monoisotopic (exact) mass is 311 g/mol. The number of hydrogen-bond acceptors (Lipinski definition) is 6. The zero-order valence-corrected chi connectivity index (χ0v) is 12.3. The Hall–Kier alpha value is -3.03. The molecule has 0 atom stereocenters. The molecule has 1 aliphatic rings. The van der Waals surface area contributed by atoms with E-state index in [1.807, 2.05) is 0 Å². The molecule has 0 saturated heterocycles. The Morgan fingerprint density at radius 1 is 1.43 bits per heavy atom. The minimum atomic E-state index is -1.02. The Bertz CT molecular complexity index is 894. The van der Waals surface area contributed by atoms with E-state index in [1.54, 1.807) is 25.3 Å². The molecule has 3 heterocycles. The van der Waals surface area contributed by atoms with Gasteiger partial charge >= 0.3 is 5.97 Å². The van der Waals surface area contributed by atoms with Gasteiger partial charge in [-0.2, -0.15) is 10.1 Å². The van der Waals surface area contributed by atoms with Crippen molar-refractivity contribution in [1.82, 2.24) is 24.9 Å². The van der Waals surface area contributed by atoms with Crippen LogP contribution in [-0.2, 0) is 0 Å². The van der Waals surface area contributed by atoms with Crippen LogP contribution in [0.4, 0.5) is 0 Å². The predicted molar refractivity (Wildman–Crippen MR) is 78.3 cm³/mol. The summed E-state index contributed by atoms with van der Waals surface area (Å²) in [5, 5.41) is 17.2. The highest BCUT2D eigenvalue weighted by Gasteiger charge is 2.29. The van der Waals surface area contributed by atoms with Crippen LogP contribution in [0, 0.1) is 6.92 Å². The summed E-state index contributed by atoms with van der Waals surface area (Å²) >= 11 is 0. The second-order valence-corrected chi connectivity index (χ2v) is 5.50. The first-order valence-electron chi connectivity index (χ1n) is 7.22. The summed E-state index contributed by atoms with van der Waals surface area (Å²) in [7, 11) is 0. The highest BCUT2D eigenvalue weighted by atomic mass is 16.5. The SMILES string of the molecule is Cc1c(C(=O)O)cnn1-c1cc(-c2nc(C3CC3)no2)ccn1. The van der Waals surface area contributed by atoms with Gasteiger partial charge in [-0.15, -0.1) is 0 Å². The molecule has 23 heavy (non-hydrogen) atoms. The molecule has 0 bridgehead atoms. The Balaban J connectivity index is 1.72. The average molecular weight is 311 g/mol. The molecule has 1 saturated carbocycles. The number of nitrogens with zero attached hydrogens (tertiary/aromatic N) is 5. The molecule has 0 amide bonds. The van der Waals surface area contributed by atoms with Crippen molar-refractivity contribution in [3.8, 4) is 17.3 Å². The molecule has 0 radical (unpaired) electrons. The summed E-state index contributed by atoms with van der Waals surface area (Å²) in [5.74, 6) is 1.07. The summed E-state index contributed by atoms with van der Waals surface area (Å²) in [5.41, 5.74) is 1.37. The summed E-state index contributed by atoms with van der Waals surface area (Å²) in [6.07, 6.45) is 5.12. The van der Waals surface area contributed by atoms with Gasteiger partial charge in [-0.25, -0.2) is 14.5 Å². The first-order valence-corrected chi connectivity index (χ1v) is 7.22. The third-order valence-electron chi connectivity index (χ3n) is 3.83. The lowest BCUT2D eigenvalue weighted by Crippen LogP contribution is -2.04. The van der Waals surface area contributed by atoms with Gasteiger partial charge in [0, 0.05) is 17.7 Å². The zero-order chi connectivity index (χ0) is 16.0. The minimum absolute atomic E-state index is 0.144. The molecular weight excluding hydrogens is 298 g/mol. The Kier molecular flexibility index (Phi) is 2.97. The van der Waals surface area contributed by atoms with Gasteiger partial charge in [-0.1, -0.05) is 5.16 Å². The van der Waals surface area contributed by atoms with Gasteiger partial charge in [0.2, 0.25) is 0 Å². The standard InChI is InChI=1S/C15H13N5O3/c1-8-11(15(21)22)7-17-20(8)12-6-10(4-5-16-12)14-18-13(19-23-14)9-2-3-9/h4-7,9H,2-3H2,1H3,(H,21,22). The zero-order valence-electron chi connectivity index (χ0n) is 12.3. The maximum absolute atomic E-state index is 11.1. The van der Waals surface area contributed by atoms with E-state index in [2.05, 4.69) is 20.2 Å². The molecule has 8 nitrogen and oxygen atoms in total. The van der Waals surface area contributed by atoms with Crippen LogP contribution in [0.15, 0.2) is 29.0 Å². The first kappa shape index (κ1) is 13.6. The number of pyridine rings is 1. The molecule has 1 aliphatic carbocycles. The van der Waals surface area contributed by atoms with Crippen LogP contribution in [0.5, 0.6) is 0 Å². The third-order valence-corrected chi connectivity index (χ3v) is 3.83.